The van der Waals surface area contributed by atoms with Crippen LogP contribution in [0.5, 0.6) is 11.5 Å². The molecule has 0 radical (unpaired) electrons. The third-order valence-electron chi connectivity index (χ3n) is 4.81. The van der Waals surface area contributed by atoms with Crippen molar-refractivity contribution in [3.8, 4) is 11.5 Å². The van der Waals surface area contributed by atoms with Crippen molar-refractivity contribution in [1.82, 2.24) is 10.2 Å². The van der Waals surface area contributed by atoms with E-state index in [2.05, 4.69) is 10.2 Å². The minimum atomic E-state index is -0.187. The van der Waals surface area contributed by atoms with Gasteiger partial charge in [0.05, 0.1) is 17.3 Å². The smallest absolute Gasteiger partial charge is 0.317 e. The van der Waals surface area contributed by atoms with Crippen LogP contribution in [0, 0.1) is 0 Å². The number of nitrogens with one attached hydrogen (secondary N) is 1. The highest BCUT2D eigenvalue weighted by Gasteiger charge is 2.25. The molecule has 0 aromatic heterocycles. The molecule has 0 bridgehead atoms. The average molecular weight is 388 g/mol. The van der Waals surface area contributed by atoms with Crippen LogP contribution >= 0.6 is 11.6 Å². The first-order valence-corrected chi connectivity index (χ1v) is 9.49. The summed E-state index contributed by atoms with van der Waals surface area (Å²) in [6.45, 7) is 3.67. The second-order valence-corrected chi connectivity index (χ2v) is 7.02. The highest BCUT2D eigenvalue weighted by atomic mass is 35.5. The van der Waals surface area contributed by atoms with E-state index in [9.17, 15) is 4.79 Å². The van der Waals surface area contributed by atoms with E-state index in [4.69, 9.17) is 21.1 Å². The number of halogens is 1. The number of nitrogens with zero attached hydrogens (tertiary/aromatic N) is 2. The number of amides is 2. The van der Waals surface area contributed by atoms with Crippen LogP contribution < -0.4 is 19.7 Å². The van der Waals surface area contributed by atoms with Crippen LogP contribution in [0.4, 0.5) is 10.5 Å². The van der Waals surface area contributed by atoms with Crippen molar-refractivity contribution in [2.75, 3.05) is 44.2 Å². The molecule has 2 aliphatic rings. The quantitative estimate of drug-likeness (QED) is 0.879. The number of benzene rings is 2. The number of carbonyl (C=O) groups excluding carboxylic acids is 1. The fraction of sp³-hybridized carbons (Fsp3) is 0.350. The molecule has 1 atom stereocenters. The summed E-state index contributed by atoms with van der Waals surface area (Å²) in [5.41, 5.74) is 1.02. The van der Waals surface area contributed by atoms with Gasteiger partial charge in [-0.05, 0) is 24.3 Å². The van der Waals surface area contributed by atoms with Crippen LogP contribution in [-0.2, 0) is 0 Å². The van der Waals surface area contributed by atoms with Crippen LogP contribution in [0.1, 0.15) is 0 Å². The Labute approximate surface area is 163 Å². The van der Waals surface area contributed by atoms with Crippen molar-refractivity contribution < 1.29 is 14.3 Å². The third-order valence-corrected chi connectivity index (χ3v) is 5.13. The highest BCUT2D eigenvalue weighted by molar-refractivity contribution is 6.33. The van der Waals surface area contributed by atoms with Crippen molar-refractivity contribution in [3.63, 3.8) is 0 Å². The maximum atomic E-state index is 12.5. The molecular formula is C20H22ClN3O3. The van der Waals surface area contributed by atoms with Gasteiger partial charge in [-0.15, -0.1) is 0 Å². The van der Waals surface area contributed by atoms with Crippen LogP contribution in [0.2, 0.25) is 5.02 Å². The Hall–Kier alpha value is -2.60. The van der Waals surface area contributed by atoms with E-state index in [1.807, 2.05) is 53.4 Å². The van der Waals surface area contributed by atoms with Gasteiger partial charge in [-0.2, -0.15) is 0 Å². The van der Waals surface area contributed by atoms with Gasteiger partial charge in [-0.25, -0.2) is 4.79 Å². The molecule has 27 heavy (non-hydrogen) atoms. The lowest BCUT2D eigenvalue weighted by Crippen LogP contribution is -2.53. The number of hydrogen-bond donors (Lipinski definition) is 1. The number of fused-ring (bicyclic) bond motifs is 1. The molecule has 2 aromatic carbocycles. The van der Waals surface area contributed by atoms with Gasteiger partial charge in [0.25, 0.3) is 0 Å². The molecule has 6 nitrogen and oxygen atoms in total. The summed E-state index contributed by atoms with van der Waals surface area (Å²) in [5.74, 6) is 1.46. The second kappa shape index (κ2) is 7.96. The lowest BCUT2D eigenvalue weighted by molar-refractivity contribution is 0.0900. The first kappa shape index (κ1) is 17.8. The van der Waals surface area contributed by atoms with E-state index in [1.54, 1.807) is 0 Å². The average Bonchev–Trinajstić information content (AvgIpc) is 2.72. The Morgan fingerprint density at radius 3 is 2.52 bits per heavy atom. The van der Waals surface area contributed by atoms with Crippen LogP contribution in [0.25, 0.3) is 0 Å². The molecule has 2 aliphatic heterocycles. The zero-order valence-electron chi connectivity index (χ0n) is 14.9. The minimum Gasteiger partial charge on any atom is -0.486 e. The van der Waals surface area contributed by atoms with Crippen molar-refractivity contribution in [1.29, 1.82) is 0 Å². The molecule has 1 saturated heterocycles. The topological polar surface area (TPSA) is 54.0 Å². The fourth-order valence-corrected chi connectivity index (χ4v) is 3.59. The standard InChI is InChI=1S/C20H22ClN3O3/c21-16-5-1-2-6-17(16)23-9-11-24(12-10-23)20(25)22-13-15-14-26-18-7-3-4-8-19(18)27-15/h1-8,15H,9-14H2,(H,22,25). The third kappa shape index (κ3) is 4.06. The van der Waals surface area contributed by atoms with Crippen molar-refractivity contribution in [2.45, 2.75) is 6.10 Å². The molecule has 7 heteroatoms. The summed E-state index contributed by atoms with van der Waals surface area (Å²) in [7, 11) is 0. The van der Waals surface area contributed by atoms with Gasteiger partial charge < -0.3 is 24.6 Å². The summed E-state index contributed by atoms with van der Waals surface area (Å²) < 4.78 is 11.6. The molecule has 4 rings (SSSR count). The molecule has 0 spiro atoms. The van der Waals surface area contributed by atoms with Gasteiger partial charge in [-0.1, -0.05) is 35.9 Å². The first-order chi connectivity index (χ1) is 13.2. The number of hydrogen-bond acceptors (Lipinski definition) is 4. The van der Waals surface area contributed by atoms with E-state index in [0.29, 0.717) is 26.2 Å². The zero-order chi connectivity index (χ0) is 18.6. The van der Waals surface area contributed by atoms with Crippen molar-refractivity contribution >= 4 is 23.3 Å². The number of carbonyl (C=O) groups is 1. The second-order valence-electron chi connectivity index (χ2n) is 6.61. The van der Waals surface area contributed by atoms with Crippen LogP contribution in [0.3, 0.4) is 0 Å². The predicted molar refractivity (Wildman–Crippen MR) is 105 cm³/mol. The van der Waals surface area contributed by atoms with Crippen molar-refractivity contribution in [3.05, 3.63) is 53.6 Å². The molecule has 1 unspecified atom stereocenters. The molecule has 2 heterocycles. The molecule has 142 valence electrons. The van der Waals surface area contributed by atoms with E-state index in [0.717, 1.165) is 35.3 Å². The Morgan fingerprint density at radius 2 is 1.74 bits per heavy atom. The molecule has 0 saturated carbocycles. The van der Waals surface area contributed by atoms with E-state index in [-0.39, 0.29) is 12.1 Å². The monoisotopic (exact) mass is 387 g/mol. The van der Waals surface area contributed by atoms with E-state index < -0.39 is 0 Å². The lowest BCUT2D eigenvalue weighted by atomic mass is 10.2. The van der Waals surface area contributed by atoms with Crippen LogP contribution in [0.15, 0.2) is 48.5 Å². The summed E-state index contributed by atoms with van der Waals surface area (Å²) in [4.78, 5) is 16.5. The number of anilines is 1. The fourth-order valence-electron chi connectivity index (χ4n) is 3.34. The summed E-state index contributed by atoms with van der Waals surface area (Å²) in [5, 5.41) is 3.70. The maximum absolute atomic E-state index is 12.5. The Balaban J connectivity index is 1.25. The van der Waals surface area contributed by atoms with Crippen molar-refractivity contribution in [2.24, 2.45) is 0 Å². The first-order valence-electron chi connectivity index (χ1n) is 9.11. The number of ether oxygens (including phenoxy) is 2. The molecule has 1 N–H and O–H groups in total. The van der Waals surface area contributed by atoms with E-state index in [1.165, 1.54) is 0 Å². The van der Waals surface area contributed by atoms with E-state index >= 15 is 0 Å². The predicted octanol–water partition coefficient (Wildman–Crippen LogP) is 3.01. The van der Waals surface area contributed by atoms with Gasteiger partial charge >= 0.3 is 6.03 Å². The van der Waals surface area contributed by atoms with Gasteiger partial charge in [-0.3, -0.25) is 0 Å². The SMILES string of the molecule is O=C(NCC1COc2ccccc2O1)N1CCN(c2ccccc2Cl)CC1. The van der Waals surface area contributed by atoms with Crippen LogP contribution in [-0.4, -0.2) is 56.4 Å². The normalized spacial score (nSPS) is 18.9. The molecule has 2 amide bonds. The van der Waals surface area contributed by atoms with Gasteiger partial charge in [0.2, 0.25) is 0 Å². The van der Waals surface area contributed by atoms with Gasteiger partial charge in [0.15, 0.2) is 17.6 Å². The van der Waals surface area contributed by atoms with Gasteiger partial charge in [0, 0.05) is 26.2 Å². The molecule has 2 aromatic rings. The maximum Gasteiger partial charge on any atom is 0.317 e. The lowest BCUT2D eigenvalue weighted by Gasteiger charge is -2.36. The summed E-state index contributed by atoms with van der Waals surface area (Å²) in [6.07, 6.45) is -0.187. The molecular weight excluding hydrogens is 366 g/mol. The van der Waals surface area contributed by atoms with Gasteiger partial charge in [0.1, 0.15) is 6.61 Å². The highest BCUT2D eigenvalue weighted by Crippen LogP contribution is 2.30. The summed E-state index contributed by atoms with van der Waals surface area (Å²) >= 11 is 6.27. The number of rotatable bonds is 3. The minimum absolute atomic E-state index is 0.0729. The number of urea groups is 1. The number of para-hydroxylation sites is 3. The zero-order valence-corrected chi connectivity index (χ0v) is 15.7. The number of piperazine rings is 1. The molecule has 0 aliphatic carbocycles. The Morgan fingerprint density at radius 1 is 1.04 bits per heavy atom. The Kier molecular flexibility index (Phi) is 5.25. The molecule has 1 fully saturated rings. The Bertz CT molecular complexity index is 809. The largest absolute Gasteiger partial charge is 0.486 e. The summed E-state index contributed by atoms with van der Waals surface area (Å²) in [6, 6.07) is 15.3.